The Kier molecular flexibility index (Phi) is 2.41. The van der Waals surface area contributed by atoms with Crippen LogP contribution in [-0.2, 0) is 0 Å². The summed E-state index contributed by atoms with van der Waals surface area (Å²) in [7, 11) is 0. The van der Waals surface area contributed by atoms with E-state index in [9.17, 15) is 5.11 Å². The molecule has 3 heteroatoms. The molecule has 0 saturated heterocycles. The smallest absolute Gasteiger partial charge is 0.130 e. The Balaban J connectivity index is 3.31. The highest BCUT2D eigenvalue weighted by molar-refractivity contribution is 14.1. The predicted octanol–water partition coefficient (Wildman–Crippen LogP) is 2.96. The third kappa shape index (κ3) is 1.55. The van der Waals surface area contributed by atoms with Gasteiger partial charge >= 0.3 is 0 Å². The largest absolute Gasteiger partial charge is 0.507 e. The summed E-state index contributed by atoms with van der Waals surface area (Å²) in [5.41, 5.74) is 1.01. The summed E-state index contributed by atoms with van der Waals surface area (Å²) >= 11 is 7.74. The number of halogens is 2. The first-order valence-corrected chi connectivity index (χ1v) is 4.21. The van der Waals surface area contributed by atoms with Crippen LogP contribution in [0.4, 0.5) is 0 Å². The van der Waals surface area contributed by atoms with Crippen molar-refractivity contribution in [1.29, 1.82) is 0 Å². The second-order valence-corrected chi connectivity index (χ2v) is 3.57. The fourth-order valence-corrected chi connectivity index (χ4v) is 1.29. The zero-order chi connectivity index (χ0) is 7.72. The van der Waals surface area contributed by atoms with Crippen molar-refractivity contribution in [3.8, 4) is 5.75 Å². The van der Waals surface area contributed by atoms with Crippen LogP contribution < -0.4 is 0 Å². The summed E-state index contributed by atoms with van der Waals surface area (Å²) in [6, 6.07) is 3.36. The van der Waals surface area contributed by atoms with Crippen molar-refractivity contribution in [2.24, 2.45) is 0 Å². The first-order chi connectivity index (χ1) is 4.61. The van der Waals surface area contributed by atoms with Gasteiger partial charge in [-0.15, -0.1) is 0 Å². The van der Waals surface area contributed by atoms with Crippen LogP contribution >= 0.6 is 34.2 Å². The van der Waals surface area contributed by atoms with Crippen molar-refractivity contribution in [2.75, 3.05) is 0 Å². The molecule has 0 saturated carbocycles. The van der Waals surface area contributed by atoms with Crippen LogP contribution in [-0.4, -0.2) is 5.11 Å². The van der Waals surface area contributed by atoms with E-state index in [0.717, 1.165) is 9.13 Å². The minimum absolute atomic E-state index is 0.255. The minimum atomic E-state index is 0.255. The molecule has 1 aromatic carbocycles. The van der Waals surface area contributed by atoms with Gasteiger partial charge in [0.05, 0.1) is 3.57 Å². The Morgan fingerprint density at radius 3 is 2.60 bits per heavy atom. The fraction of sp³-hybridized carbons (Fsp3) is 0.143. The highest BCUT2D eigenvalue weighted by Crippen LogP contribution is 2.26. The molecule has 0 aliphatic rings. The van der Waals surface area contributed by atoms with Gasteiger partial charge < -0.3 is 5.11 Å². The predicted molar refractivity (Wildman–Crippen MR) is 50.6 cm³/mol. The van der Waals surface area contributed by atoms with Gasteiger partial charge in [0, 0.05) is 5.02 Å². The molecular formula is C7H6ClIO. The van der Waals surface area contributed by atoms with E-state index < -0.39 is 0 Å². The molecule has 0 amide bonds. The molecule has 1 aromatic rings. The summed E-state index contributed by atoms with van der Waals surface area (Å²) in [4.78, 5) is 0. The van der Waals surface area contributed by atoms with E-state index in [-0.39, 0.29) is 5.75 Å². The van der Waals surface area contributed by atoms with E-state index in [0.29, 0.717) is 5.02 Å². The maximum Gasteiger partial charge on any atom is 0.130 e. The fourth-order valence-electron chi connectivity index (χ4n) is 0.708. The van der Waals surface area contributed by atoms with Crippen LogP contribution in [0.15, 0.2) is 12.1 Å². The molecule has 10 heavy (non-hydrogen) atoms. The number of benzene rings is 1. The molecule has 1 N–H and O–H groups in total. The van der Waals surface area contributed by atoms with Crippen LogP contribution in [0.1, 0.15) is 5.56 Å². The Labute approximate surface area is 78.2 Å². The maximum absolute atomic E-state index is 9.19. The lowest BCUT2D eigenvalue weighted by Crippen LogP contribution is -1.79. The molecule has 0 fully saturated rings. The van der Waals surface area contributed by atoms with Gasteiger partial charge in [-0.05, 0) is 47.2 Å². The Morgan fingerprint density at radius 1 is 1.50 bits per heavy atom. The summed E-state index contributed by atoms with van der Waals surface area (Å²) in [5, 5.41) is 9.77. The van der Waals surface area contributed by atoms with Gasteiger partial charge in [0.25, 0.3) is 0 Å². The van der Waals surface area contributed by atoms with Gasteiger partial charge in [0.1, 0.15) is 5.75 Å². The average molecular weight is 268 g/mol. The molecule has 0 spiro atoms. The van der Waals surface area contributed by atoms with Crippen molar-refractivity contribution in [3.05, 3.63) is 26.3 Å². The molecule has 1 nitrogen and oxygen atoms in total. The van der Waals surface area contributed by atoms with Crippen molar-refractivity contribution in [3.63, 3.8) is 0 Å². The maximum atomic E-state index is 9.19. The van der Waals surface area contributed by atoms with E-state index in [1.807, 2.05) is 13.0 Å². The summed E-state index contributed by atoms with van der Waals surface area (Å²) in [6.45, 7) is 1.91. The van der Waals surface area contributed by atoms with Gasteiger partial charge in [0.2, 0.25) is 0 Å². The highest BCUT2D eigenvalue weighted by atomic mass is 127. The molecule has 0 aliphatic carbocycles. The molecule has 0 aliphatic heterocycles. The lowest BCUT2D eigenvalue weighted by Gasteiger charge is -2.00. The number of hydrogen-bond donors (Lipinski definition) is 1. The average Bonchev–Trinajstić information content (AvgIpc) is 1.82. The molecule has 0 heterocycles. The molecule has 1 rings (SSSR count). The first-order valence-electron chi connectivity index (χ1n) is 2.76. The van der Waals surface area contributed by atoms with Crippen LogP contribution in [0.25, 0.3) is 0 Å². The third-order valence-corrected chi connectivity index (χ3v) is 2.82. The Morgan fingerprint density at radius 2 is 2.10 bits per heavy atom. The monoisotopic (exact) mass is 268 g/mol. The van der Waals surface area contributed by atoms with Gasteiger partial charge in [-0.25, -0.2) is 0 Å². The quantitative estimate of drug-likeness (QED) is 0.717. The van der Waals surface area contributed by atoms with Gasteiger partial charge in [0.15, 0.2) is 0 Å². The zero-order valence-corrected chi connectivity index (χ0v) is 8.27. The number of aromatic hydroxyl groups is 1. The van der Waals surface area contributed by atoms with Crippen LogP contribution in [0.3, 0.4) is 0 Å². The van der Waals surface area contributed by atoms with Crippen molar-refractivity contribution >= 4 is 34.2 Å². The van der Waals surface area contributed by atoms with E-state index in [1.165, 1.54) is 6.07 Å². The standard InChI is InChI=1S/C7H6ClIO/c1-4-2-5(8)3-6(10)7(4)9/h2-3,10H,1H3. The molecule has 0 bridgehead atoms. The SMILES string of the molecule is Cc1cc(Cl)cc(O)c1I. The van der Waals surface area contributed by atoms with Crippen LogP contribution in [0, 0.1) is 10.5 Å². The van der Waals surface area contributed by atoms with Gasteiger partial charge in [-0.3, -0.25) is 0 Å². The number of phenolic OH excluding ortho intramolecular Hbond substituents is 1. The summed E-state index contributed by atoms with van der Waals surface area (Å²) < 4.78 is 0.863. The third-order valence-electron chi connectivity index (χ3n) is 1.20. The topological polar surface area (TPSA) is 20.2 Å². The van der Waals surface area contributed by atoms with E-state index in [1.54, 1.807) is 0 Å². The van der Waals surface area contributed by atoms with Gasteiger partial charge in [-0.2, -0.15) is 0 Å². The van der Waals surface area contributed by atoms with Crippen LogP contribution in [0.5, 0.6) is 5.75 Å². The molecule has 0 aromatic heterocycles. The molecule has 0 unspecified atom stereocenters. The number of phenols is 1. The minimum Gasteiger partial charge on any atom is -0.507 e. The highest BCUT2D eigenvalue weighted by Gasteiger charge is 2.01. The lowest BCUT2D eigenvalue weighted by molar-refractivity contribution is 0.471. The van der Waals surface area contributed by atoms with E-state index in [2.05, 4.69) is 22.6 Å². The summed E-state index contributed by atoms with van der Waals surface area (Å²) in [6.07, 6.45) is 0. The van der Waals surface area contributed by atoms with E-state index >= 15 is 0 Å². The number of rotatable bonds is 0. The molecule has 0 radical (unpaired) electrons. The van der Waals surface area contributed by atoms with E-state index in [4.69, 9.17) is 11.6 Å². The normalized spacial score (nSPS) is 9.90. The Bertz CT molecular complexity index is 237. The second-order valence-electron chi connectivity index (χ2n) is 2.06. The first kappa shape index (κ1) is 8.14. The van der Waals surface area contributed by atoms with Crippen molar-refractivity contribution in [2.45, 2.75) is 6.92 Å². The van der Waals surface area contributed by atoms with Gasteiger partial charge in [-0.1, -0.05) is 11.6 Å². The van der Waals surface area contributed by atoms with Crippen molar-refractivity contribution < 1.29 is 5.11 Å². The molecular weight excluding hydrogens is 262 g/mol. The van der Waals surface area contributed by atoms with Crippen molar-refractivity contribution in [1.82, 2.24) is 0 Å². The zero-order valence-electron chi connectivity index (χ0n) is 5.36. The second kappa shape index (κ2) is 2.96. The Hall–Kier alpha value is 0.0400. The number of hydrogen-bond acceptors (Lipinski definition) is 1. The lowest BCUT2D eigenvalue weighted by atomic mass is 10.2. The molecule has 54 valence electrons. The summed E-state index contributed by atoms with van der Waals surface area (Å²) in [5.74, 6) is 0.255. The van der Waals surface area contributed by atoms with Crippen LogP contribution in [0.2, 0.25) is 5.02 Å². The number of aryl methyl sites for hydroxylation is 1. The molecule has 0 atom stereocenters.